The van der Waals surface area contributed by atoms with Gasteiger partial charge in [0.15, 0.2) is 0 Å². The van der Waals surface area contributed by atoms with Crippen molar-refractivity contribution in [3.05, 3.63) is 194 Å². The summed E-state index contributed by atoms with van der Waals surface area (Å²) in [6.07, 6.45) is 0. The predicted molar refractivity (Wildman–Crippen MR) is 258 cm³/mol. The molecule has 0 aliphatic carbocycles. The standard InChI is InChI=1S/C56H32N6O2/c1-3-14-45-43(12-1)57-55-59(47-16-5-7-18-49(47)61(45)55)37-22-26-53-41(31-37)39-29-35(20-24-51(39)63-53)33-10-9-11-34(28-33)36-21-25-52-40(30-36)42-32-38(23-27-54(42)64-52)60-48-17-6-8-19-50(48)62-46-15-4-2-13-44(46)58-56(60)62/h1-32H. The zero-order valence-corrected chi connectivity index (χ0v) is 34.0. The van der Waals surface area contributed by atoms with Crippen molar-refractivity contribution in [1.29, 1.82) is 0 Å². The highest BCUT2D eigenvalue weighted by atomic mass is 16.3. The molecular formula is C56H32N6O2. The molecule has 8 heteroatoms. The summed E-state index contributed by atoms with van der Waals surface area (Å²) in [4.78, 5) is 10.2. The third-order valence-electron chi connectivity index (χ3n) is 13.2. The van der Waals surface area contributed by atoms with Crippen LogP contribution in [0.5, 0.6) is 0 Å². The molecule has 15 rings (SSSR count). The second kappa shape index (κ2) is 12.4. The highest BCUT2D eigenvalue weighted by molar-refractivity contribution is 6.09. The highest BCUT2D eigenvalue weighted by Crippen LogP contribution is 2.39. The maximum Gasteiger partial charge on any atom is 0.220 e. The first-order valence-electron chi connectivity index (χ1n) is 21.5. The predicted octanol–water partition coefficient (Wildman–Crippen LogP) is 14.3. The van der Waals surface area contributed by atoms with Crippen molar-refractivity contribution in [2.24, 2.45) is 0 Å². The molecule has 0 unspecified atom stereocenters. The highest BCUT2D eigenvalue weighted by Gasteiger charge is 2.20. The van der Waals surface area contributed by atoms with E-state index in [1.54, 1.807) is 0 Å². The number of aromatic nitrogens is 6. The first kappa shape index (κ1) is 33.8. The molecule has 0 N–H and O–H groups in total. The molecule has 0 spiro atoms. The zero-order valence-electron chi connectivity index (χ0n) is 34.0. The number of nitrogens with zero attached hydrogens (tertiary/aromatic N) is 6. The lowest BCUT2D eigenvalue weighted by Gasteiger charge is -2.08. The molecule has 0 aliphatic heterocycles. The molecule has 0 aliphatic rings. The number of imidazole rings is 4. The van der Waals surface area contributed by atoms with E-state index < -0.39 is 0 Å². The average Bonchev–Trinajstić information content (AvgIpc) is 4.19. The summed E-state index contributed by atoms with van der Waals surface area (Å²) in [6.45, 7) is 0. The first-order valence-corrected chi connectivity index (χ1v) is 21.5. The van der Waals surface area contributed by atoms with E-state index in [4.69, 9.17) is 18.8 Å². The van der Waals surface area contributed by atoms with Gasteiger partial charge in [-0.1, -0.05) is 78.9 Å². The third kappa shape index (κ3) is 4.60. The van der Waals surface area contributed by atoms with Crippen molar-refractivity contribution in [2.75, 3.05) is 0 Å². The summed E-state index contributed by atoms with van der Waals surface area (Å²) < 4.78 is 21.9. The average molecular weight is 821 g/mol. The van der Waals surface area contributed by atoms with Crippen LogP contribution in [-0.4, -0.2) is 27.9 Å². The molecule has 0 amide bonds. The van der Waals surface area contributed by atoms with Crippen LogP contribution < -0.4 is 0 Å². The van der Waals surface area contributed by atoms with Crippen molar-refractivity contribution < 1.29 is 8.83 Å². The summed E-state index contributed by atoms with van der Waals surface area (Å²) in [5.41, 5.74) is 18.5. The Morgan fingerprint density at radius 3 is 1.14 bits per heavy atom. The van der Waals surface area contributed by atoms with Gasteiger partial charge in [0.25, 0.3) is 0 Å². The molecule has 15 aromatic rings. The van der Waals surface area contributed by atoms with E-state index in [-0.39, 0.29) is 0 Å². The second-order valence-corrected chi connectivity index (χ2v) is 16.7. The van der Waals surface area contributed by atoms with Gasteiger partial charge in [0.05, 0.1) is 55.5 Å². The molecule has 0 atom stereocenters. The summed E-state index contributed by atoms with van der Waals surface area (Å²) >= 11 is 0. The van der Waals surface area contributed by atoms with Gasteiger partial charge in [0.1, 0.15) is 22.3 Å². The molecule has 0 radical (unpaired) electrons. The summed E-state index contributed by atoms with van der Waals surface area (Å²) in [5.74, 6) is 1.77. The van der Waals surface area contributed by atoms with Gasteiger partial charge >= 0.3 is 0 Å². The lowest BCUT2D eigenvalue weighted by Crippen LogP contribution is -1.94. The number of hydrogen-bond acceptors (Lipinski definition) is 4. The largest absolute Gasteiger partial charge is 0.456 e. The lowest BCUT2D eigenvalue weighted by atomic mass is 9.97. The van der Waals surface area contributed by atoms with E-state index in [1.807, 2.05) is 12.1 Å². The molecule has 8 nitrogen and oxygen atoms in total. The summed E-state index contributed by atoms with van der Waals surface area (Å²) in [5, 5.41) is 4.26. The normalized spacial score (nSPS) is 12.4. The second-order valence-electron chi connectivity index (χ2n) is 16.7. The van der Waals surface area contributed by atoms with Crippen LogP contribution in [0, 0.1) is 0 Å². The van der Waals surface area contributed by atoms with E-state index in [0.29, 0.717) is 0 Å². The fraction of sp³-hybridized carbons (Fsp3) is 0. The number of rotatable bonds is 4. The van der Waals surface area contributed by atoms with Crippen LogP contribution >= 0.6 is 0 Å². The van der Waals surface area contributed by atoms with Crippen LogP contribution in [-0.2, 0) is 0 Å². The van der Waals surface area contributed by atoms with Crippen LogP contribution in [0.25, 0.3) is 133 Å². The first-order chi connectivity index (χ1) is 31.7. The number of benzene rings is 9. The Kier molecular flexibility index (Phi) is 6.53. The molecule has 9 aromatic carbocycles. The van der Waals surface area contributed by atoms with Gasteiger partial charge < -0.3 is 8.83 Å². The Balaban J connectivity index is 0.835. The molecule has 0 saturated carbocycles. The van der Waals surface area contributed by atoms with Crippen molar-refractivity contribution >= 4 is 99.6 Å². The van der Waals surface area contributed by atoms with E-state index in [0.717, 1.165) is 133 Å². The molecule has 298 valence electrons. The van der Waals surface area contributed by atoms with Crippen LogP contribution in [0.3, 0.4) is 0 Å². The quantitative estimate of drug-likeness (QED) is 0.177. The Labute approximate surface area is 362 Å². The lowest BCUT2D eigenvalue weighted by molar-refractivity contribution is 0.668. The maximum absolute atomic E-state index is 6.44. The van der Waals surface area contributed by atoms with Crippen LogP contribution in [0.2, 0.25) is 0 Å². The van der Waals surface area contributed by atoms with Crippen molar-refractivity contribution in [3.8, 4) is 33.6 Å². The third-order valence-corrected chi connectivity index (χ3v) is 13.2. The van der Waals surface area contributed by atoms with Gasteiger partial charge in [-0.05, 0) is 138 Å². The van der Waals surface area contributed by atoms with Crippen LogP contribution in [0.15, 0.2) is 203 Å². The Bertz CT molecular complexity index is 4170. The van der Waals surface area contributed by atoms with Gasteiger partial charge in [0, 0.05) is 21.5 Å². The summed E-state index contributed by atoms with van der Waals surface area (Å²) in [6, 6.07) is 68.4. The Morgan fingerprint density at radius 1 is 0.297 bits per heavy atom. The Morgan fingerprint density at radius 2 is 0.672 bits per heavy atom. The van der Waals surface area contributed by atoms with Gasteiger partial charge in [-0.25, -0.2) is 9.97 Å². The minimum absolute atomic E-state index is 0.849. The molecule has 6 heterocycles. The fourth-order valence-electron chi connectivity index (χ4n) is 10.3. The SMILES string of the molecule is c1cc(-c2ccc3oc4ccc(-n5c6ccccc6n6c7ccccc7nc56)cc4c3c2)cc(-c2ccc3oc4ccc(-n5c6ccccc6n6c7ccccc7nc56)cc4c3c2)c1. The molecule has 64 heavy (non-hydrogen) atoms. The van der Waals surface area contributed by atoms with Gasteiger partial charge in [-0.15, -0.1) is 0 Å². The van der Waals surface area contributed by atoms with Gasteiger partial charge in [-0.2, -0.15) is 0 Å². The molecule has 0 fully saturated rings. The molecule has 6 aromatic heterocycles. The number of fused-ring (bicyclic) bond motifs is 16. The molecule has 0 bridgehead atoms. The van der Waals surface area contributed by atoms with E-state index >= 15 is 0 Å². The fourth-order valence-corrected chi connectivity index (χ4v) is 10.3. The topological polar surface area (TPSA) is 70.7 Å². The van der Waals surface area contributed by atoms with Crippen molar-refractivity contribution in [3.63, 3.8) is 0 Å². The van der Waals surface area contributed by atoms with Gasteiger partial charge in [-0.3, -0.25) is 17.9 Å². The van der Waals surface area contributed by atoms with E-state index in [2.05, 4.69) is 200 Å². The number of furan rings is 2. The van der Waals surface area contributed by atoms with Crippen LogP contribution in [0.4, 0.5) is 0 Å². The monoisotopic (exact) mass is 820 g/mol. The van der Waals surface area contributed by atoms with Crippen molar-refractivity contribution in [1.82, 2.24) is 27.9 Å². The van der Waals surface area contributed by atoms with E-state index in [1.165, 1.54) is 0 Å². The minimum atomic E-state index is 0.849. The smallest absolute Gasteiger partial charge is 0.220 e. The molecular weight excluding hydrogens is 789 g/mol. The van der Waals surface area contributed by atoms with Crippen LogP contribution in [0.1, 0.15) is 0 Å². The number of hydrogen-bond donors (Lipinski definition) is 0. The van der Waals surface area contributed by atoms with Crippen molar-refractivity contribution in [2.45, 2.75) is 0 Å². The summed E-state index contributed by atoms with van der Waals surface area (Å²) in [7, 11) is 0. The maximum atomic E-state index is 6.44. The number of para-hydroxylation sites is 8. The molecule has 0 saturated heterocycles. The van der Waals surface area contributed by atoms with Gasteiger partial charge in [0.2, 0.25) is 11.6 Å². The minimum Gasteiger partial charge on any atom is -0.456 e. The zero-order chi connectivity index (χ0) is 41.6. The Hall–Kier alpha value is -8.88. The van der Waals surface area contributed by atoms with E-state index in [9.17, 15) is 0 Å².